The molecule has 1 aromatic carbocycles. The maximum atomic E-state index is 13.2. The van der Waals surface area contributed by atoms with E-state index >= 15 is 0 Å². The van der Waals surface area contributed by atoms with Crippen LogP contribution in [0.3, 0.4) is 0 Å². The van der Waals surface area contributed by atoms with Crippen molar-refractivity contribution in [3.8, 4) is 11.9 Å². The fourth-order valence-corrected chi connectivity index (χ4v) is 2.33. The van der Waals surface area contributed by atoms with Gasteiger partial charge in [0.05, 0.1) is 5.56 Å². The molecule has 22 heavy (non-hydrogen) atoms. The molecular weight excluding hydrogens is 287 g/mol. The predicted molar refractivity (Wildman–Crippen MR) is 77.0 cm³/mol. The third kappa shape index (κ3) is 2.63. The number of nitrogens with one attached hydrogen (secondary N) is 1. The van der Waals surface area contributed by atoms with Crippen molar-refractivity contribution in [3.63, 3.8) is 0 Å². The van der Waals surface area contributed by atoms with Gasteiger partial charge in [-0.25, -0.2) is 9.18 Å². The summed E-state index contributed by atoms with van der Waals surface area (Å²) in [4.78, 5) is 15.7. The number of ether oxygens (including phenoxy) is 1. The van der Waals surface area contributed by atoms with Gasteiger partial charge >= 0.3 is 5.69 Å². The van der Waals surface area contributed by atoms with Gasteiger partial charge in [0.15, 0.2) is 0 Å². The smallest absolute Gasteiger partial charge is 0.352 e. The van der Waals surface area contributed by atoms with Crippen LogP contribution in [0.5, 0.6) is 5.88 Å². The molecule has 0 amide bonds. The number of anilines is 1. The van der Waals surface area contributed by atoms with Crippen molar-refractivity contribution in [2.45, 2.75) is 26.1 Å². The van der Waals surface area contributed by atoms with Crippen molar-refractivity contribution < 1.29 is 9.13 Å². The van der Waals surface area contributed by atoms with E-state index in [0.29, 0.717) is 17.9 Å². The maximum absolute atomic E-state index is 13.2. The lowest BCUT2D eigenvalue weighted by Gasteiger charge is -2.08. The monoisotopic (exact) mass is 300 g/mol. The first-order chi connectivity index (χ1) is 10.6. The van der Waals surface area contributed by atoms with Crippen LogP contribution in [0, 0.1) is 17.1 Å². The van der Waals surface area contributed by atoms with E-state index in [1.807, 2.05) is 6.92 Å². The van der Waals surface area contributed by atoms with E-state index in [1.54, 1.807) is 16.7 Å². The molecule has 1 N–H and O–H groups in total. The summed E-state index contributed by atoms with van der Waals surface area (Å²) in [5.41, 5.74) is 0.210. The van der Waals surface area contributed by atoms with Gasteiger partial charge in [-0.15, -0.1) is 0 Å². The Balaban J connectivity index is 1.78. The van der Waals surface area contributed by atoms with Gasteiger partial charge in [0.25, 0.3) is 0 Å². The summed E-state index contributed by atoms with van der Waals surface area (Å²) in [6, 6.07) is 7.74. The van der Waals surface area contributed by atoms with Crippen LogP contribution in [0.4, 0.5) is 10.2 Å². The number of halogens is 1. The summed E-state index contributed by atoms with van der Waals surface area (Å²) in [5, 5.41) is 12.0. The van der Waals surface area contributed by atoms with Crippen LogP contribution in [0.15, 0.2) is 29.1 Å². The topological polar surface area (TPSA) is 79.9 Å². The Morgan fingerprint density at radius 2 is 2.36 bits per heavy atom. The number of fused-ring (bicyclic) bond motifs is 1. The van der Waals surface area contributed by atoms with Crippen LogP contribution in [-0.4, -0.2) is 15.6 Å². The number of hydrogen-bond donors (Lipinski definition) is 1. The first-order valence-electron chi connectivity index (χ1n) is 6.76. The molecule has 7 heteroatoms. The van der Waals surface area contributed by atoms with E-state index in [9.17, 15) is 9.18 Å². The van der Waals surface area contributed by atoms with E-state index in [1.165, 1.54) is 18.2 Å². The molecule has 1 aliphatic heterocycles. The minimum absolute atomic E-state index is 0.0430. The standard InChI is InChI=1S/C15H13FN4O2/c1-9-7-20-13(18-9)5-14(19-15(20)21)22-8-10-2-3-12(16)11(4-10)6-17/h2-5,9,18H,7-8H2,1H3. The van der Waals surface area contributed by atoms with Crippen LogP contribution in [0.25, 0.3) is 0 Å². The van der Waals surface area contributed by atoms with E-state index in [-0.39, 0.29) is 29.8 Å². The van der Waals surface area contributed by atoms with Gasteiger partial charge in [0, 0.05) is 18.7 Å². The Bertz CT molecular complexity index is 825. The second-order valence-electron chi connectivity index (χ2n) is 5.13. The van der Waals surface area contributed by atoms with Gasteiger partial charge in [-0.2, -0.15) is 10.2 Å². The van der Waals surface area contributed by atoms with Crippen molar-refractivity contribution in [1.82, 2.24) is 9.55 Å². The number of aromatic nitrogens is 2. The summed E-state index contributed by atoms with van der Waals surface area (Å²) in [6.07, 6.45) is 0. The summed E-state index contributed by atoms with van der Waals surface area (Å²) in [6.45, 7) is 2.64. The fourth-order valence-electron chi connectivity index (χ4n) is 2.33. The zero-order valence-corrected chi connectivity index (χ0v) is 11.8. The Morgan fingerprint density at radius 3 is 3.14 bits per heavy atom. The molecule has 0 aliphatic carbocycles. The highest BCUT2D eigenvalue weighted by molar-refractivity contribution is 5.43. The third-order valence-electron chi connectivity index (χ3n) is 3.38. The van der Waals surface area contributed by atoms with Gasteiger partial charge in [-0.3, -0.25) is 4.57 Å². The Labute approximate surface area is 125 Å². The van der Waals surface area contributed by atoms with Crippen LogP contribution < -0.4 is 15.7 Å². The zero-order chi connectivity index (χ0) is 15.7. The van der Waals surface area contributed by atoms with Crippen molar-refractivity contribution >= 4 is 5.82 Å². The molecule has 3 rings (SSSR count). The molecule has 6 nitrogen and oxygen atoms in total. The van der Waals surface area contributed by atoms with Crippen LogP contribution >= 0.6 is 0 Å². The number of hydrogen-bond acceptors (Lipinski definition) is 5. The molecule has 2 heterocycles. The minimum atomic E-state index is -0.571. The van der Waals surface area contributed by atoms with Gasteiger partial charge in [-0.1, -0.05) is 6.07 Å². The second kappa shape index (κ2) is 5.48. The van der Waals surface area contributed by atoms with Crippen molar-refractivity contribution in [2.24, 2.45) is 0 Å². The van der Waals surface area contributed by atoms with Crippen molar-refractivity contribution in [1.29, 1.82) is 5.26 Å². The number of benzene rings is 1. The zero-order valence-electron chi connectivity index (χ0n) is 11.8. The highest BCUT2D eigenvalue weighted by Crippen LogP contribution is 2.20. The average Bonchev–Trinajstić information content (AvgIpc) is 2.87. The highest BCUT2D eigenvalue weighted by atomic mass is 19.1. The van der Waals surface area contributed by atoms with Crippen LogP contribution in [0.1, 0.15) is 18.1 Å². The maximum Gasteiger partial charge on any atom is 0.352 e. The number of nitriles is 1. The Morgan fingerprint density at radius 1 is 1.55 bits per heavy atom. The molecule has 0 spiro atoms. The van der Waals surface area contributed by atoms with Gasteiger partial charge in [0.1, 0.15) is 24.3 Å². The van der Waals surface area contributed by atoms with Crippen LogP contribution in [-0.2, 0) is 13.2 Å². The van der Waals surface area contributed by atoms with E-state index in [4.69, 9.17) is 10.00 Å². The first-order valence-corrected chi connectivity index (χ1v) is 6.76. The molecule has 1 aromatic heterocycles. The molecule has 0 fully saturated rings. The summed E-state index contributed by atoms with van der Waals surface area (Å²) in [5.74, 6) is 0.290. The Kier molecular flexibility index (Phi) is 3.51. The van der Waals surface area contributed by atoms with Crippen molar-refractivity contribution in [3.05, 3.63) is 51.7 Å². The normalized spacial score (nSPS) is 15.8. The SMILES string of the molecule is CC1Cn2c(cc(OCc3ccc(F)c(C#N)c3)nc2=O)N1. The summed E-state index contributed by atoms with van der Waals surface area (Å²) < 4.78 is 20.3. The lowest BCUT2D eigenvalue weighted by atomic mass is 10.1. The van der Waals surface area contributed by atoms with Gasteiger partial charge in [0.2, 0.25) is 5.88 Å². The lowest BCUT2D eigenvalue weighted by molar-refractivity contribution is 0.291. The molecule has 1 unspecified atom stereocenters. The van der Waals surface area contributed by atoms with Gasteiger partial charge in [-0.05, 0) is 24.6 Å². The van der Waals surface area contributed by atoms with Crippen LogP contribution in [0.2, 0.25) is 0 Å². The Hall–Kier alpha value is -2.88. The van der Waals surface area contributed by atoms with Gasteiger partial charge < -0.3 is 10.1 Å². The van der Waals surface area contributed by atoms with E-state index in [0.717, 1.165) is 0 Å². The molecule has 2 aromatic rings. The molecule has 0 saturated heterocycles. The quantitative estimate of drug-likeness (QED) is 0.932. The largest absolute Gasteiger partial charge is 0.473 e. The molecule has 0 bridgehead atoms. The summed E-state index contributed by atoms with van der Waals surface area (Å²) in [7, 11) is 0. The third-order valence-corrected chi connectivity index (χ3v) is 3.38. The highest BCUT2D eigenvalue weighted by Gasteiger charge is 2.19. The fraction of sp³-hybridized carbons (Fsp3) is 0.267. The summed E-state index contributed by atoms with van der Waals surface area (Å²) >= 11 is 0. The number of rotatable bonds is 3. The number of nitrogens with zero attached hydrogens (tertiary/aromatic N) is 3. The molecule has 0 saturated carbocycles. The lowest BCUT2D eigenvalue weighted by Crippen LogP contribution is -2.22. The average molecular weight is 300 g/mol. The molecule has 1 atom stereocenters. The molecule has 1 aliphatic rings. The minimum Gasteiger partial charge on any atom is -0.473 e. The second-order valence-corrected chi connectivity index (χ2v) is 5.13. The molecule has 0 radical (unpaired) electrons. The predicted octanol–water partition coefficient (Wildman–Crippen LogP) is 1.65. The van der Waals surface area contributed by atoms with E-state index < -0.39 is 5.82 Å². The first kappa shape index (κ1) is 14.1. The van der Waals surface area contributed by atoms with Crippen molar-refractivity contribution in [2.75, 3.05) is 5.32 Å². The molecule has 112 valence electrons. The van der Waals surface area contributed by atoms with E-state index in [2.05, 4.69) is 10.3 Å². The molecular formula is C15H13FN4O2.